The predicted octanol–water partition coefficient (Wildman–Crippen LogP) is 3.99. The van der Waals surface area contributed by atoms with E-state index in [1.807, 2.05) is 44.2 Å². The monoisotopic (exact) mass is 311 g/mol. The molecule has 3 heteroatoms. The maximum Gasteiger partial charge on any atom is 0.260 e. The van der Waals surface area contributed by atoms with Gasteiger partial charge in [-0.1, -0.05) is 43.3 Å². The molecular formula is C20H25NO2. The Balaban J connectivity index is 1.87. The quantitative estimate of drug-likeness (QED) is 0.876. The molecule has 122 valence electrons. The number of nitrogens with one attached hydrogen (secondary N) is 1. The highest BCUT2D eigenvalue weighted by Crippen LogP contribution is 2.18. The summed E-state index contributed by atoms with van der Waals surface area (Å²) in [5.74, 6) is 0.918. The van der Waals surface area contributed by atoms with Crippen LogP contribution >= 0.6 is 0 Å². The van der Waals surface area contributed by atoms with Crippen molar-refractivity contribution in [3.05, 3.63) is 65.2 Å². The molecule has 0 fully saturated rings. The van der Waals surface area contributed by atoms with E-state index < -0.39 is 6.10 Å². The van der Waals surface area contributed by atoms with Gasteiger partial charge in [-0.15, -0.1) is 0 Å². The van der Waals surface area contributed by atoms with Crippen LogP contribution in [-0.4, -0.2) is 18.6 Å². The van der Waals surface area contributed by atoms with Crippen molar-refractivity contribution in [1.82, 2.24) is 5.32 Å². The Bertz CT molecular complexity index is 632. The summed E-state index contributed by atoms with van der Waals surface area (Å²) in [6.07, 6.45) is -0.515. The Morgan fingerprint density at radius 2 is 1.65 bits per heavy atom. The first-order valence-corrected chi connectivity index (χ1v) is 8.03. The minimum Gasteiger partial charge on any atom is -0.481 e. The molecule has 23 heavy (non-hydrogen) atoms. The van der Waals surface area contributed by atoms with Crippen molar-refractivity contribution in [2.45, 2.75) is 39.7 Å². The average molecular weight is 311 g/mol. The summed E-state index contributed by atoms with van der Waals surface area (Å²) in [7, 11) is 0. The summed E-state index contributed by atoms with van der Waals surface area (Å²) < 4.78 is 5.76. The van der Waals surface area contributed by atoms with Crippen molar-refractivity contribution < 1.29 is 9.53 Å². The number of amides is 1. The third-order valence-electron chi connectivity index (χ3n) is 3.83. The van der Waals surface area contributed by atoms with Crippen LogP contribution in [-0.2, 0) is 4.79 Å². The van der Waals surface area contributed by atoms with Crippen molar-refractivity contribution in [1.29, 1.82) is 0 Å². The molecule has 0 heterocycles. The smallest absolute Gasteiger partial charge is 0.260 e. The molecule has 0 aliphatic carbocycles. The van der Waals surface area contributed by atoms with E-state index in [4.69, 9.17) is 4.74 Å². The Morgan fingerprint density at radius 3 is 2.26 bits per heavy atom. The van der Waals surface area contributed by atoms with Crippen LogP contribution in [0.25, 0.3) is 0 Å². The van der Waals surface area contributed by atoms with Gasteiger partial charge in [0, 0.05) is 6.54 Å². The van der Waals surface area contributed by atoms with Crippen LogP contribution < -0.4 is 10.1 Å². The number of benzene rings is 2. The van der Waals surface area contributed by atoms with Crippen LogP contribution in [0, 0.1) is 13.8 Å². The molecule has 0 aromatic heterocycles. The molecule has 0 aliphatic heterocycles. The van der Waals surface area contributed by atoms with E-state index in [-0.39, 0.29) is 11.8 Å². The first kappa shape index (κ1) is 17.1. The van der Waals surface area contributed by atoms with Gasteiger partial charge in [-0.2, -0.15) is 0 Å². The normalized spacial score (nSPS) is 13.2. The van der Waals surface area contributed by atoms with Gasteiger partial charge in [-0.25, -0.2) is 0 Å². The van der Waals surface area contributed by atoms with Crippen molar-refractivity contribution in [2.24, 2.45) is 0 Å². The maximum atomic E-state index is 12.2. The van der Waals surface area contributed by atoms with Gasteiger partial charge in [0.05, 0.1) is 0 Å². The Morgan fingerprint density at radius 1 is 1.04 bits per heavy atom. The van der Waals surface area contributed by atoms with Crippen LogP contribution in [0.1, 0.15) is 36.5 Å². The van der Waals surface area contributed by atoms with Crippen molar-refractivity contribution in [2.75, 3.05) is 6.54 Å². The van der Waals surface area contributed by atoms with Crippen molar-refractivity contribution >= 4 is 5.91 Å². The Kier molecular flexibility index (Phi) is 5.80. The van der Waals surface area contributed by atoms with E-state index in [1.165, 1.54) is 5.56 Å². The lowest BCUT2D eigenvalue weighted by atomic mass is 10.0. The van der Waals surface area contributed by atoms with E-state index in [9.17, 15) is 4.79 Å². The lowest BCUT2D eigenvalue weighted by molar-refractivity contribution is -0.127. The van der Waals surface area contributed by atoms with Gasteiger partial charge in [0.15, 0.2) is 6.10 Å². The molecule has 2 atom stereocenters. The predicted molar refractivity (Wildman–Crippen MR) is 93.9 cm³/mol. The topological polar surface area (TPSA) is 38.3 Å². The largest absolute Gasteiger partial charge is 0.481 e. The van der Waals surface area contributed by atoms with E-state index in [0.717, 1.165) is 16.9 Å². The molecular weight excluding hydrogens is 286 g/mol. The molecule has 3 nitrogen and oxygen atoms in total. The fourth-order valence-electron chi connectivity index (χ4n) is 2.56. The summed E-state index contributed by atoms with van der Waals surface area (Å²) in [6, 6.07) is 16.2. The van der Waals surface area contributed by atoms with Crippen molar-refractivity contribution in [3.63, 3.8) is 0 Å². The van der Waals surface area contributed by atoms with E-state index in [1.54, 1.807) is 6.92 Å². The molecule has 0 unspecified atom stereocenters. The molecule has 2 aromatic rings. The van der Waals surface area contributed by atoms with E-state index >= 15 is 0 Å². The highest BCUT2D eigenvalue weighted by molar-refractivity contribution is 5.80. The third kappa shape index (κ3) is 5.13. The number of rotatable bonds is 6. The zero-order valence-corrected chi connectivity index (χ0v) is 14.3. The minimum atomic E-state index is -0.515. The zero-order valence-electron chi connectivity index (χ0n) is 14.3. The molecule has 0 saturated carbocycles. The molecule has 2 rings (SSSR count). The summed E-state index contributed by atoms with van der Waals surface area (Å²) in [5.41, 5.74) is 3.48. The van der Waals surface area contributed by atoms with Gasteiger partial charge in [0.2, 0.25) is 0 Å². The third-order valence-corrected chi connectivity index (χ3v) is 3.83. The highest BCUT2D eigenvalue weighted by atomic mass is 16.5. The van der Waals surface area contributed by atoms with Gasteiger partial charge in [0.25, 0.3) is 5.91 Å². The summed E-state index contributed by atoms with van der Waals surface area (Å²) >= 11 is 0. The second-order valence-corrected chi connectivity index (χ2v) is 6.14. The molecule has 0 aliphatic rings. The molecule has 2 aromatic carbocycles. The standard InChI is InChI=1S/C20H25NO2/c1-14-10-15(2)12-19(11-14)23-17(4)20(22)21-13-16(3)18-8-6-5-7-9-18/h5-12,16-17H,13H2,1-4H3,(H,21,22)/t16-,17-/m1/s1. The first-order chi connectivity index (χ1) is 11.0. The SMILES string of the molecule is Cc1cc(C)cc(O[C@H](C)C(=O)NC[C@@H](C)c2ccccc2)c1. The van der Waals surface area contributed by atoms with Gasteiger partial charge in [0.1, 0.15) is 5.75 Å². The Hall–Kier alpha value is -2.29. The fraction of sp³-hybridized carbons (Fsp3) is 0.350. The Labute approximate surface area is 138 Å². The second-order valence-electron chi connectivity index (χ2n) is 6.14. The van der Waals surface area contributed by atoms with Gasteiger partial charge >= 0.3 is 0 Å². The molecule has 1 amide bonds. The van der Waals surface area contributed by atoms with E-state index in [0.29, 0.717) is 6.54 Å². The molecule has 0 radical (unpaired) electrons. The zero-order chi connectivity index (χ0) is 16.8. The van der Waals surface area contributed by atoms with Crippen LogP contribution in [0.4, 0.5) is 0 Å². The second kappa shape index (κ2) is 7.82. The summed E-state index contributed by atoms with van der Waals surface area (Å²) in [6.45, 7) is 8.52. The lowest BCUT2D eigenvalue weighted by Gasteiger charge is -2.18. The van der Waals surface area contributed by atoms with Crippen LogP contribution in [0.2, 0.25) is 0 Å². The minimum absolute atomic E-state index is 0.0908. The number of ether oxygens (including phenoxy) is 1. The van der Waals surface area contributed by atoms with Crippen LogP contribution in [0.15, 0.2) is 48.5 Å². The summed E-state index contributed by atoms with van der Waals surface area (Å²) in [4.78, 5) is 12.2. The van der Waals surface area contributed by atoms with Gasteiger partial charge < -0.3 is 10.1 Å². The molecule has 0 saturated heterocycles. The number of hydrogen-bond acceptors (Lipinski definition) is 2. The van der Waals surface area contributed by atoms with Gasteiger partial charge in [-0.05, 0) is 55.5 Å². The number of carbonyl (C=O) groups is 1. The van der Waals surface area contributed by atoms with Crippen LogP contribution in [0.3, 0.4) is 0 Å². The number of hydrogen-bond donors (Lipinski definition) is 1. The first-order valence-electron chi connectivity index (χ1n) is 8.03. The fourth-order valence-corrected chi connectivity index (χ4v) is 2.56. The lowest BCUT2D eigenvalue weighted by Crippen LogP contribution is -2.38. The molecule has 1 N–H and O–H groups in total. The van der Waals surface area contributed by atoms with Crippen molar-refractivity contribution in [3.8, 4) is 5.75 Å². The maximum absolute atomic E-state index is 12.2. The average Bonchev–Trinajstić information content (AvgIpc) is 2.52. The van der Waals surface area contributed by atoms with E-state index in [2.05, 4.69) is 30.4 Å². The van der Waals surface area contributed by atoms with Crippen LogP contribution in [0.5, 0.6) is 5.75 Å². The highest BCUT2D eigenvalue weighted by Gasteiger charge is 2.16. The molecule has 0 spiro atoms. The summed E-state index contributed by atoms with van der Waals surface area (Å²) in [5, 5.41) is 2.97. The number of carbonyl (C=O) groups excluding carboxylic acids is 1. The number of aryl methyl sites for hydroxylation is 2. The van der Waals surface area contributed by atoms with Gasteiger partial charge in [-0.3, -0.25) is 4.79 Å². The molecule has 0 bridgehead atoms.